The van der Waals surface area contributed by atoms with Crippen molar-refractivity contribution in [2.45, 2.75) is 38.3 Å². The SMILES string of the molecule is CCC1CC(Nc2ccc(F)c([N+](=O)[O-])c2)CCO1. The van der Waals surface area contributed by atoms with Crippen LogP contribution in [-0.2, 0) is 4.74 Å². The molecule has 104 valence electrons. The lowest BCUT2D eigenvalue weighted by Gasteiger charge is -2.30. The Hall–Kier alpha value is -1.69. The minimum Gasteiger partial charge on any atom is -0.382 e. The monoisotopic (exact) mass is 268 g/mol. The summed E-state index contributed by atoms with van der Waals surface area (Å²) in [5.74, 6) is -0.811. The van der Waals surface area contributed by atoms with Crippen LogP contribution in [0.25, 0.3) is 0 Å². The molecule has 0 spiro atoms. The number of hydrogen-bond donors (Lipinski definition) is 1. The molecule has 0 amide bonds. The van der Waals surface area contributed by atoms with Crippen molar-refractivity contribution in [3.63, 3.8) is 0 Å². The fourth-order valence-electron chi connectivity index (χ4n) is 2.27. The van der Waals surface area contributed by atoms with Gasteiger partial charge in [-0.2, -0.15) is 4.39 Å². The summed E-state index contributed by atoms with van der Waals surface area (Å²) in [5.41, 5.74) is 0.0824. The summed E-state index contributed by atoms with van der Waals surface area (Å²) in [5, 5.41) is 13.9. The maximum Gasteiger partial charge on any atom is 0.306 e. The number of rotatable bonds is 4. The van der Waals surface area contributed by atoms with E-state index >= 15 is 0 Å². The van der Waals surface area contributed by atoms with Gasteiger partial charge in [0.2, 0.25) is 5.82 Å². The lowest BCUT2D eigenvalue weighted by molar-refractivity contribution is -0.387. The van der Waals surface area contributed by atoms with Gasteiger partial charge in [0, 0.05) is 24.4 Å². The van der Waals surface area contributed by atoms with Crippen LogP contribution in [0.15, 0.2) is 18.2 Å². The largest absolute Gasteiger partial charge is 0.382 e. The summed E-state index contributed by atoms with van der Waals surface area (Å²) < 4.78 is 18.8. The van der Waals surface area contributed by atoms with Crippen LogP contribution >= 0.6 is 0 Å². The van der Waals surface area contributed by atoms with E-state index in [0.717, 1.165) is 25.3 Å². The summed E-state index contributed by atoms with van der Waals surface area (Å²) in [6.07, 6.45) is 2.88. The molecule has 1 heterocycles. The Balaban J connectivity index is 2.06. The minimum atomic E-state index is -0.811. The van der Waals surface area contributed by atoms with Crippen molar-refractivity contribution in [1.29, 1.82) is 0 Å². The molecule has 1 N–H and O–H groups in total. The summed E-state index contributed by atoms with van der Waals surface area (Å²) in [6, 6.07) is 4.10. The predicted octanol–water partition coefficient (Wildman–Crippen LogP) is 3.10. The van der Waals surface area contributed by atoms with Gasteiger partial charge >= 0.3 is 5.69 Å². The van der Waals surface area contributed by atoms with Crippen molar-refractivity contribution < 1.29 is 14.1 Å². The normalized spacial score (nSPS) is 23.1. The molecule has 2 atom stereocenters. The van der Waals surface area contributed by atoms with Crippen molar-refractivity contribution >= 4 is 11.4 Å². The van der Waals surface area contributed by atoms with Gasteiger partial charge in [0.1, 0.15) is 0 Å². The first-order chi connectivity index (χ1) is 9.10. The number of nitrogens with one attached hydrogen (secondary N) is 1. The highest BCUT2D eigenvalue weighted by Crippen LogP contribution is 2.25. The zero-order chi connectivity index (χ0) is 13.8. The van der Waals surface area contributed by atoms with Gasteiger partial charge in [0.15, 0.2) is 0 Å². The Morgan fingerprint density at radius 2 is 2.37 bits per heavy atom. The molecule has 1 aliphatic heterocycles. The van der Waals surface area contributed by atoms with E-state index in [9.17, 15) is 14.5 Å². The molecular weight excluding hydrogens is 251 g/mol. The lowest BCUT2D eigenvalue weighted by atomic mass is 10.0. The Kier molecular flexibility index (Phi) is 4.31. The minimum absolute atomic E-state index is 0.212. The predicted molar refractivity (Wildman–Crippen MR) is 69.7 cm³/mol. The molecule has 0 bridgehead atoms. The van der Waals surface area contributed by atoms with Crippen molar-refractivity contribution in [3.05, 3.63) is 34.1 Å². The topological polar surface area (TPSA) is 64.4 Å². The van der Waals surface area contributed by atoms with Gasteiger partial charge in [-0.3, -0.25) is 10.1 Å². The van der Waals surface area contributed by atoms with Crippen molar-refractivity contribution in [2.24, 2.45) is 0 Å². The molecule has 5 nitrogen and oxygen atoms in total. The van der Waals surface area contributed by atoms with Crippen LogP contribution in [0, 0.1) is 15.9 Å². The molecule has 2 rings (SSSR count). The number of anilines is 1. The number of hydrogen-bond acceptors (Lipinski definition) is 4. The first kappa shape index (κ1) is 13.7. The molecule has 1 saturated heterocycles. The maximum absolute atomic E-state index is 13.2. The number of halogens is 1. The Morgan fingerprint density at radius 3 is 3.05 bits per heavy atom. The van der Waals surface area contributed by atoms with Gasteiger partial charge in [-0.25, -0.2) is 0 Å². The zero-order valence-corrected chi connectivity index (χ0v) is 10.8. The quantitative estimate of drug-likeness (QED) is 0.673. The van der Waals surface area contributed by atoms with Gasteiger partial charge in [0.25, 0.3) is 0 Å². The van der Waals surface area contributed by atoms with E-state index in [1.807, 2.05) is 0 Å². The van der Waals surface area contributed by atoms with Crippen molar-refractivity contribution in [1.82, 2.24) is 0 Å². The van der Waals surface area contributed by atoms with E-state index < -0.39 is 16.4 Å². The summed E-state index contributed by atoms with van der Waals surface area (Å²) in [7, 11) is 0. The maximum atomic E-state index is 13.2. The van der Waals surface area contributed by atoms with E-state index in [4.69, 9.17) is 4.74 Å². The van der Waals surface area contributed by atoms with Gasteiger partial charge in [0.05, 0.1) is 11.0 Å². The van der Waals surface area contributed by atoms with E-state index in [1.165, 1.54) is 12.1 Å². The summed E-state index contributed by atoms with van der Waals surface area (Å²) in [4.78, 5) is 9.97. The second-order valence-electron chi connectivity index (χ2n) is 4.69. The molecule has 0 aliphatic carbocycles. The molecule has 0 aromatic heterocycles. The molecule has 1 aromatic rings. The van der Waals surface area contributed by atoms with Gasteiger partial charge < -0.3 is 10.1 Å². The number of nitro benzene ring substituents is 1. The third-order valence-corrected chi connectivity index (χ3v) is 3.34. The molecule has 1 aliphatic rings. The first-order valence-electron chi connectivity index (χ1n) is 6.42. The number of ether oxygens (including phenoxy) is 1. The Labute approximate surface area is 110 Å². The lowest BCUT2D eigenvalue weighted by Crippen LogP contribution is -2.33. The van der Waals surface area contributed by atoms with E-state index in [2.05, 4.69) is 12.2 Å². The molecule has 0 radical (unpaired) electrons. The molecule has 2 unspecified atom stereocenters. The van der Waals surface area contributed by atoms with E-state index in [1.54, 1.807) is 0 Å². The second-order valence-corrected chi connectivity index (χ2v) is 4.69. The smallest absolute Gasteiger partial charge is 0.306 e. The molecule has 0 saturated carbocycles. The Bertz CT molecular complexity index is 467. The molecular formula is C13H17FN2O3. The van der Waals surface area contributed by atoms with Crippen LogP contribution in [0.2, 0.25) is 0 Å². The van der Waals surface area contributed by atoms with Gasteiger partial charge in [-0.1, -0.05) is 6.92 Å². The fraction of sp³-hybridized carbons (Fsp3) is 0.538. The van der Waals surface area contributed by atoms with Crippen LogP contribution in [0.1, 0.15) is 26.2 Å². The highest BCUT2D eigenvalue weighted by atomic mass is 19.1. The molecule has 19 heavy (non-hydrogen) atoms. The van der Waals surface area contributed by atoms with E-state index in [0.29, 0.717) is 12.3 Å². The number of nitrogens with zero attached hydrogens (tertiary/aromatic N) is 1. The van der Waals surface area contributed by atoms with Crippen LogP contribution in [0.5, 0.6) is 0 Å². The van der Waals surface area contributed by atoms with Crippen LogP contribution in [0.4, 0.5) is 15.8 Å². The zero-order valence-electron chi connectivity index (χ0n) is 10.8. The van der Waals surface area contributed by atoms with Crippen molar-refractivity contribution in [3.8, 4) is 0 Å². The standard InChI is InChI=1S/C13H17FN2O3/c1-2-11-7-10(5-6-19-11)15-9-3-4-12(14)13(8-9)16(17)18/h3-4,8,10-11,15H,2,5-7H2,1H3. The van der Waals surface area contributed by atoms with Crippen LogP contribution in [0.3, 0.4) is 0 Å². The molecule has 1 aromatic carbocycles. The third-order valence-electron chi connectivity index (χ3n) is 3.34. The summed E-state index contributed by atoms with van der Waals surface area (Å²) >= 11 is 0. The third kappa shape index (κ3) is 3.41. The first-order valence-corrected chi connectivity index (χ1v) is 6.42. The van der Waals surface area contributed by atoms with Gasteiger partial charge in [-0.05, 0) is 31.4 Å². The Morgan fingerprint density at radius 1 is 1.58 bits per heavy atom. The highest BCUT2D eigenvalue weighted by molar-refractivity contribution is 5.52. The summed E-state index contributed by atoms with van der Waals surface area (Å²) in [6.45, 7) is 2.75. The average molecular weight is 268 g/mol. The van der Waals surface area contributed by atoms with E-state index in [-0.39, 0.29) is 12.1 Å². The van der Waals surface area contributed by atoms with Crippen molar-refractivity contribution in [2.75, 3.05) is 11.9 Å². The highest BCUT2D eigenvalue weighted by Gasteiger charge is 2.22. The average Bonchev–Trinajstić information content (AvgIpc) is 2.41. The van der Waals surface area contributed by atoms with Crippen LogP contribution in [-0.4, -0.2) is 23.7 Å². The molecule has 1 fully saturated rings. The molecule has 6 heteroatoms. The number of nitro groups is 1. The fourth-order valence-corrected chi connectivity index (χ4v) is 2.27. The second kappa shape index (κ2) is 5.97. The number of benzene rings is 1. The van der Waals surface area contributed by atoms with Crippen LogP contribution < -0.4 is 5.32 Å². The van der Waals surface area contributed by atoms with Gasteiger partial charge in [-0.15, -0.1) is 0 Å².